The first-order valence-corrected chi connectivity index (χ1v) is 8.55. The molecular formula is C18H23NO6. The van der Waals surface area contributed by atoms with Gasteiger partial charge < -0.3 is 24.2 Å². The van der Waals surface area contributed by atoms with Crippen LogP contribution < -0.4 is 9.64 Å². The lowest BCUT2D eigenvalue weighted by atomic mass is 10.0. The van der Waals surface area contributed by atoms with Gasteiger partial charge in [0.05, 0.1) is 26.0 Å². The number of nitrogens with zero attached hydrogens (tertiary/aromatic N) is 1. The molecule has 2 heterocycles. The van der Waals surface area contributed by atoms with E-state index in [0.29, 0.717) is 43.2 Å². The molecule has 2 aliphatic rings. The normalized spacial score (nSPS) is 19.8. The first kappa shape index (κ1) is 17.7. The molecule has 2 aliphatic heterocycles. The van der Waals surface area contributed by atoms with Gasteiger partial charge in [-0.15, -0.1) is 0 Å². The maximum absolute atomic E-state index is 12.3. The minimum Gasteiger partial charge on any atom is -0.488 e. The molecule has 25 heavy (non-hydrogen) atoms. The topological polar surface area (TPSA) is 85.3 Å². The highest BCUT2D eigenvalue weighted by molar-refractivity contribution is 5.98. The van der Waals surface area contributed by atoms with Crippen molar-refractivity contribution in [1.29, 1.82) is 0 Å². The van der Waals surface area contributed by atoms with Crippen molar-refractivity contribution in [2.24, 2.45) is 0 Å². The molecule has 1 unspecified atom stereocenters. The number of hydrogen-bond donors (Lipinski definition) is 1. The summed E-state index contributed by atoms with van der Waals surface area (Å²) in [5, 5.41) is 10.4. The molecule has 1 aromatic carbocycles. The Hall–Kier alpha value is -2.12. The zero-order valence-electron chi connectivity index (χ0n) is 14.3. The third kappa shape index (κ3) is 3.77. The molecule has 7 heteroatoms. The molecule has 0 saturated carbocycles. The van der Waals surface area contributed by atoms with E-state index < -0.39 is 12.1 Å². The average molecular weight is 349 g/mol. The Morgan fingerprint density at radius 1 is 1.36 bits per heavy atom. The number of amides is 1. The highest BCUT2D eigenvalue weighted by Gasteiger charge is 2.32. The summed E-state index contributed by atoms with van der Waals surface area (Å²) in [7, 11) is 1.22. The summed E-state index contributed by atoms with van der Waals surface area (Å²) in [4.78, 5) is 25.7. The van der Waals surface area contributed by atoms with Gasteiger partial charge in [-0.3, -0.25) is 4.79 Å². The van der Waals surface area contributed by atoms with Gasteiger partial charge in [0.25, 0.3) is 0 Å². The number of esters is 1. The molecule has 1 atom stereocenters. The fraction of sp³-hybridized carbons (Fsp3) is 0.556. The molecule has 1 N–H and O–H groups in total. The maximum Gasteiger partial charge on any atom is 0.339 e. The molecule has 1 amide bonds. The van der Waals surface area contributed by atoms with E-state index >= 15 is 0 Å². The third-order valence-corrected chi connectivity index (χ3v) is 4.55. The van der Waals surface area contributed by atoms with Crippen LogP contribution in [0.2, 0.25) is 0 Å². The predicted molar refractivity (Wildman–Crippen MR) is 89.5 cm³/mol. The molecule has 0 aliphatic carbocycles. The van der Waals surface area contributed by atoms with E-state index in [1.807, 2.05) is 0 Å². The van der Waals surface area contributed by atoms with Crippen LogP contribution in [0.15, 0.2) is 18.2 Å². The lowest BCUT2D eigenvalue weighted by Crippen LogP contribution is -2.30. The van der Waals surface area contributed by atoms with Gasteiger partial charge in [0.2, 0.25) is 5.91 Å². The minimum atomic E-state index is -1.47. The molecule has 136 valence electrons. The van der Waals surface area contributed by atoms with E-state index in [0.717, 1.165) is 19.3 Å². The maximum atomic E-state index is 12.3. The van der Waals surface area contributed by atoms with Crippen LogP contribution in [0.25, 0.3) is 0 Å². The van der Waals surface area contributed by atoms with Gasteiger partial charge in [-0.05, 0) is 12.5 Å². The predicted octanol–water partition coefficient (Wildman–Crippen LogP) is 1.58. The number of para-hydroxylation sites is 1. The standard InChI is InChI=1S/C18H23NO6/c1-23-18(22)17(21)13-4-2-5-14(25-12-7-10-24-11-8-12)16(13)19-9-3-6-15(19)20/h2,4-5,12,17,21H,3,6-11H2,1H3. The summed E-state index contributed by atoms with van der Waals surface area (Å²) in [5.41, 5.74) is 0.793. The van der Waals surface area contributed by atoms with Gasteiger partial charge >= 0.3 is 5.97 Å². The van der Waals surface area contributed by atoms with E-state index in [9.17, 15) is 14.7 Å². The largest absolute Gasteiger partial charge is 0.488 e. The zero-order chi connectivity index (χ0) is 17.8. The lowest BCUT2D eigenvalue weighted by molar-refractivity contribution is -0.150. The molecule has 7 nitrogen and oxygen atoms in total. The lowest BCUT2D eigenvalue weighted by Gasteiger charge is -2.28. The van der Waals surface area contributed by atoms with Gasteiger partial charge in [0, 0.05) is 31.4 Å². The van der Waals surface area contributed by atoms with Crippen molar-refractivity contribution in [3.63, 3.8) is 0 Å². The number of aliphatic hydroxyl groups excluding tert-OH is 1. The Bertz CT molecular complexity index is 640. The molecule has 0 aromatic heterocycles. The number of rotatable bonds is 5. The summed E-state index contributed by atoms with van der Waals surface area (Å²) < 4.78 is 16.1. The Morgan fingerprint density at radius 3 is 2.76 bits per heavy atom. The van der Waals surface area contributed by atoms with Crippen molar-refractivity contribution < 1.29 is 28.9 Å². The van der Waals surface area contributed by atoms with Gasteiger partial charge in [-0.1, -0.05) is 12.1 Å². The Labute approximate surface area is 146 Å². The van der Waals surface area contributed by atoms with E-state index in [-0.39, 0.29) is 12.0 Å². The Kier molecular flexibility index (Phi) is 5.55. The second kappa shape index (κ2) is 7.84. The monoisotopic (exact) mass is 349 g/mol. The van der Waals surface area contributed by atoms with Crippen LogP contribution in [0.3, 0.4) is 0 Å². The number of hydrogen-bond acceptors (Lipinski definition) is 6. The molecular weight excluding hydrogens is 326 g/mol. The van der Waals surface area contributed by atoms with Crippen molar-refractivity contribution >= 4 is 17.6 Å². The number of carbonyl (C=O) groups excluding carboxylic acids is 2. The first-order chi connectivity index (χ1) is 12.1. The van der Waals surface area contributed by atoms with Crippen LogP contribution in [0.1, 0.15) is 37.4 Å². The SMILES string of the molecule is COC(=O)C(O)c1cccc(OC2CCOCC2)c1N1CCCC1=O. The molecule has 0 spiro atoms. The van der Waals surface area contributed by atoms with Gasteiger partial charge in [-0.2, -0.15) is 0 Å². The number of ether oxygens (including phenoxy) is 3. The number of anilines is 1. The van der Waals surface area contributed by atoms with Crippen LogP contribution in [0, 0.1) is 0 Å². The molecule has 2 saturated heterocycles. The van der Waals surface area contributed by atoms with Crippen LogP contribution in [-0.4, -0.2) is 50.0 Å². The van der Waals surface area contributed by atoms with Crippen LogP contribution >= 0.6 is 0 Å². The summed E-state index contributed by atoms with van der Waals surface area (Å²) in [5.74, 6) is -0.306. The average Bonchev–Trinajstić information content (AvgIpc) is 3.06. The fourth-order valence-electron chi connectivity index (χ4n) is 3.24. The van der Waals surface area contributed by atoms with Crippen LogP contribution in [0.4, 0.5) is 5.69 Å². The molecule has 3 rings (SSSR count). The van der Waals surface area contributed by atoms with E-state index in [1.54, 1.807) is 23.1 Å². The van der Waals surface area contributed by atoms with Crippen LogP contribution in [-0.2, 0) is 19.1 Å². The van der Waals surface area contributed by atoms with Gasteiger partial charge in [-0.25, -0.2) is 4.79 Å². The summed E-state index contributed by atoms with van der Waals surface area (Å²) >= 11 is 0. The van der Waals surface area contributed by atoms with Crippen molar-refractivity contribution in [1.82, 2.24) is 0 Å². The first-order valence-electron chi connectivity index (χ1n) is 8.55. The quantitative estimate of drug-likeness (QED) is 0.813. The van der Waals surface area contributed by atoms with Crippen molar-refractivity contribution in [2.75, 3.05) is 31.8 Å². The molecule has 1 aromatic rings. The highest BCUT2D eigenvalue weighted by atomic mass is 16.5. The van der Waals surface area contributed by atoms with Gasteiger partial charge in [0.15, 0.2) is 6.10 Å². The number of carbonyl (C=O) groups is 2. The van der Waals surface area contributed by atoms with E-state index in [1.165, 1.54) is 7.11 Å². The number of methoxy groups -OCH3 is 1. The van der Waals surface area contributed by atoms with Crippen molar-refractivity contribution in [2.45, 2.75) is 37.9 Å². The minimum absolute atomic E-state index is 0.0178. The molecule has 2 fully saturated rings. The van der Waals surface area contributed by atoms with E-state index in [2.05, 4.69) is 4.74 Å². The van der Waals surface area contributed by atoms with Crippen LogP contribution in [0.5, 0.6) is 5.75 Å². The highest BCUT2D eigenvalue weighted by Crippen LogP contribution is 2.39. The Balaban J connectivity index is 1.98. The zero-order valence-corrected chi connectivity index (χ0v) is 14.3. The van der Waals surface area contributed by atoms with E-state index in [4.69, 9.17) is 9.47 Å². The number of benzene rings is 1. The summed E-state index contributed by atoms with van der Waals surface area (Å²) in [6, 6.07) is 5.10. The molecule has 0 bridgehead atoms. The summed E-state index contributed by atoms with van der Waals surface area (Å²) in [6.45, 7) is 1.80. The summed E-state index contributed by atoms with van der Waals surface area (Å²) in [6.07, 6.45) is 1.22. The second-order valence-corrected chi connectivity index (χ2v) is 6.20. The van der Waals surface area contributed by atoms with Crippen molar-refractivity contribution in [3.05, 3.63) is 23.8 Å². The smallest absolute Gasteiger partial charge is 0.339 e. The number of aliphatic hydroxyl groups is 1. The Morgan fingerprint density at radius 2 is 2.12 bits per heavy atom. The second-order valence-electron chi connectivity index (χ2n) is 6.20. The van der Waals surface area contributed by atoms with Gasteiger partial charge in [0.1, 0.15) is 11.9 Å². The van der Waals surface area contributed by atoms with Crippen molar-refractivity contribution in [3.8, 4) is 5.75 Å². The fourth-order valence-corrected chi connectivity index (χ4v) is 3.24. The third-order valence-electron chi connectivity index (χ3n) is 4.55. The molecule has 0 radical (unpaired) electrons.